The van der Waals surface area contributed by atoms with Crippen LogP contribution in [0.25, 0.3) is 11.1 Å². The number of esters is 1. The molecule has 0 aromatic heterocycles. The van der Waals surface area contributed by atoms with E-state index in [1.165, 1.54) is 38.5 Å². The van der Waals surface area contributed by atoms with Gasteiger partial charge in [0.05, 0.1) is 6.61 Å². The molecule has 0 aliphatic rings. The second kappa shape index (κ2) is 14.7. The van der Waals surface area contributed by atoms with Gasteiger partial charge in [0, 0.05) is 6.42 Å². The van der Waals surface area contributed by atoms with Crippen LogP contribution in [0, 0.1) is 11.8 Å². The summed E-state index contributed by atoms with van der Waals surface area (Å²) in [6.07, 6.45) is 10.1. The average molecular weight is 439 g/mol. The molecule has 0 N–H and O–H groups in total. The zero-order chi connectivity index (χ0) is 23.2. The van der Waals surface area contributed by atoms with E-state index in [2.05, 4.69) is 39.8 Å². The fraction of sp³-hybridized carbons (Fsp3) is 0.552. The van der Waals surface area contributed by atoms with Crippen LogP contribution in [-0.2, 0) is 4.79 Å². The molecule has 1 atom stereocenters. The first kappa shape index (κ1) is 26.0. The van der Waals surface area contributed by atoms with E-state index in [-0.39, 0.29) is 5.97 Å². The molecule has 32 heavy (non-hydrogen) atoms. The topological polar surface area (TPSA) is 35.5 Å². The smallest absolute Gasteiger partial charge is 0.311 e. The molecule has 0 aliphatic heterocycles. The number of benzene rings is 2. The molecule has 0 aliphatic carbocycles. The lowest BCUT2D eigenvalue weighted by molar-refractivity contribution is -0.135. The van der Waals surface area contributed by atoms with E-state index >= 15 is 0 Å². The van der Waals surface area contributed by atoms with Crippen LogP contribution in [0.3, 0.4) is 0 Å². The van der Waals surface area contributed by atoms with E-state index in [9.17, 15) is 4.79 Å². The van der Waals surface area contributed by atoms with Crippen LogP contribution in [-0.4, -0.2) is 12.6 Å². The van der Waals surface area contributed by atoms with Gasteiger partial charge in [-0.15, -0.1) is 0 Å². The van der Waals surface area contributed by atoms with Crippen molar-refractivity contribution in [2.45, 2.75) is 85.5 Å². The summed E-state index contributed by atoms with van der Waals surface area (Å²) in [6, 6.07) is 15.9. The fourth-order valence-electron chi connectivity index (χ4n) is 3.79. The molecular weight excluding hydrogens is 396 g/mol. The largest absolute Gasteiger partial charge is 0.494 e. The highest BCUT2D eigenvalue weighted by Gasteiger charge is 2.12. The number of hydrogen-bond acceptors (Lipinski definition) is 3. The summed E-state index contributed by atoms with van der Waals surface area (Å²) in [7, 11) is 0. The lowest BCUT2D eigenvalue weighted by Crippen LogP contribution is -2.12. The summed E-state index contributed by atoms with van der Waals surface area (Å²) >= 11 is 0. The van der Waals surface area contributed by atoms with Gasteiger partial charge in [-0.1, -0.05) is 96.9 Å². The fourth-order valence-corrected chi connectivity index (χ4v) is 3.79. The van der Waals surface area contributed by atoms with Crippen molar-refractivity contribution in [2.24, 2.45) is 11.8 Å². The Morgan fingerprint density at radius 1 is 0.750 bits per heavy atom. The molecule has 0 amide bonds. The van der Waals surface area contributed by atoms with E-state index < -0.39 is 0 Å². The SMILES string of the molecule is CCCCCCCOc1ccc(-c2ccc(OC(=O)C[C@@H](C)CCCC(C)C)cc2)cc1. The van der Waals surface area contributed by atoms with Crippen LogP contribution in [0.4, 0.5) is 0 Å². The summed E-state index contributed by atoms with van der Waals surface area (Å²) in [5, 5.41) is 0. The van der Waals surface area contributed by atoms with Gasteiger partial charge in [0.15, 0.2) is 0 Å². The van der Waals surface area contributed by atoms with E-state index in [0.717, 1.165) is 42.2 Å². The van der Waals surface area contributed by atoms with Crippen LogP contribution < -0.4 is 9.47 Å². The highest BCUT2D eigenvalue weighted by Crippen LogP contribution is 2.25. The second-order valence-corrected chi connectivity index (χ2v) is 9.42. The Balaban J connectivity index is 1.76. The number of ether oxygens (including phenoxy) is 2. The lowest BCUT2D eigenvalue weighted by atomic mass is 9.97. The Bertz CT molecular complexity index is 762. The Labute approximate surface area is 195 Å². The van der Waals surface area contributed by atoms with Crippen molar-refractivity contribution >= 4 is 5.97 Å². The first-order chi connectivity index (χ1) is 15.5. The maximum atomic E-state index is 12.2. The van der Waals surface area contributed by atoms with E-state index in [4.69, 9.17) is 9.47 Å². The molecule has 3 heteroatoms. The van der Waals surface area contributed by atoms with Crippen LogP contribution in [0.1, 0.15) is 85.5 Å². The number of rotatable bonds is 15. The van der Waals surface area contributed by atoms with Crippen molar-refractivity contribution in [3.8, 4) is 22.6 Å². The van der Waals surface area contributed by atoms with Crippen LogP contribution >= 0.6 is 0 Å². The maximum Gasteiger partial charge on any atom is 0.311 e. The van der Waals surface area contributed by atoms with Crippen LogP contribution in [0.2, 0.25) is 0 Å². The summed E-state index contributed by atoms with van der Waals surface area (Å²) in [5.74, 6) is 2.45. The Morgan fingerprint density at radius 3 is 1.94 bits per heavy atom. The van der Waals surface area contributed by atoms with Crippen molar-refractivity contribution in [2.75, 3.05) is 6.61 Å². The molecule has 0 spiro atoms. The Kier molecular flexibility index (Phi) is 11.9. The maximum absolute atomic E-state index is 12.2. The molecule has 0 bridgehead atoms. The molecule has 0 unspecified atom stereocenters. The summed E-state index contributed by atoms with van der Waals surface area (Å²) in [4.78, 5) is 12.2. The van der Waals surface area contributed by atoms with Gasteiger partial charge >= 0.3 is 5.97 Å². The van der Waals surface area contributed by atoms with Gasteiger partial charge in [-0.3, -0.25) is 4.79 Å². The standard InChI is InChI=1S/C29H42O3/c1-5-6-7-8-9-21-31-27-17-13-25(14-18-27)26-15-19-28(20-16-26)32-29(30)22-24(4)12-10-11-23(2)3/h13-20,23-24H,5-12,21-22H2,1-4H3/t24-/m0/s1. The van der Waals surface area contributed by atoms with E-state index in [0.29, 0.717) is 18.1 Å². The third kappa shape index (κ3) is 10.3. The molecule has 0 saturated carbocycles. The number of carbonyl (C=O) groups excluding carboxylic acids is 1. The van der Waals surface area contributed by atoms with Gasteiger partial charge in [-0.2, -0.15) is 0 Å². The second-order valence-electron chi connectivity index (χ2n) is 9.42. The van der Waals surface area contributed by atoms with Crippen molar-refractivity contribution in [3.63, 3.8) is 0 Å². The van der Waals surface area contributed by atoms with Gasteiger partial charge in [0.1, 0.15) is 11.5 Å². The molecule has 0 radical (unpaired) electrons. The monoisotopic (exact) mass is 438 g/mol. The van der Waals surface area contributed by atoms with Crippen molar-refractivity contribution in [1.29, 1.82) is 0 Å². The van der Waals surface area contributed by atoms with Gasteiger partial charge < -0.3 is 9.47 Å². The van der Waals surface area contributed by atoms with Crippen LogP contribution in [0.5, 0.6) is 11.5 Å². The first-order valence-corrected chi connectivity index (χ1v) is 12.5. The third-order valence-corrected chi connectivity index (χ3v) is 5.78. The minimum Gasteiger partial charge on any atom is -0.494 e. The molecular formula is C29H42O3. The highest BCUT2D eigenvalue weighted by molar-refractivity contribution is 5.73. The first-order valence-electron chi connectivity index (χ1n) is 12.5. The molecule has 0 saturated heterocycles. The van der Waals surface area contributed by atoms with Gasteiger partial charge in [0.25, 0.3) is 0 Å². The molecule has 2 aromatic rings. The van der Waals surface area contributed by atoms with Crippen molar-refractivity contribution in [1.82, 2.24) is 0 Å². The highest BCUT2D eigenvalue weighted by atomic mass is 16.5. The van der Waals surface area contributed by atoms with Gasteiger partial charge in [0.2, 0.25) is 0 Å². The zero-order valence-corrected chi connectivity index (χ0v) is 20.6. The quantitative estimate of drug-likeness (QED) is 0.159. The Hall–Kier alpha value is -2.29. The minimum absolute atomic E-state index is 0.147. The van der Waals surface area contributed by atoms with Gasteiger partial charge in [-0.25, -0.2) is 0 Å². The third-order valence-electron chi connectivity index (χ3n) is 5.78. The lowest BCUT2D eigenvalue weighted by Gasteiger charge is -2.12. The summed E-state index contributed by atoms with van der Waals surface area (Å²) in [5.41, 5.74) is 2.22. The summed E-state index contributed by atoms with van der Waals surface area (Å²) < 4.78 is 11.4. The van der Waals surface area contributed by atoms with Crippen molar-refractivity contribution < 1.29 is 14.3 Å². The molecule has 0 heterocycles. The molecule has 3 nitrogen and oxygen atoms in total. The Morgan fingerprint density at radius 2 is 1.34 bits per heavy atom. The normalized spacial score (nSPS) is 12.0. The molecule has 176 valence electrons. The van der Waals surface area contributed by atoms with Crippen LogP contribution in [0.15, 0.2) is 48.5 Å². The molecule has 2 rings (SSSR count). The number of hydrogen-bond donors (Lipinski definition) is 0. The average Bonchev–Trinajstić information content (AvgIpc) is 2.77. The predicted octanol–water partition coefficient (Wildman–Crippen LogP) is 8.46. The molecule has 2 aromatic carbocycles. The predicted molar refractivity (Wildman–Crippen MR) is 134 cm³/mol. The zero-order valence-electron chi connectivity index (χ0n) is 20.6. The van der Waals surface area contributed by atoms with E-state index in [1.54, 1.807) is 0 Å². The van der Waals surface area contributed by atoms with Gasteiger partial charge in [-0.05, 0) is 53.6 Å². The van der Waals surface area contributed by atoms with E-state index in [1.807, 2.05) is 36.4 Å². The summed E-state index contributed by atoms with van der Waals surface area (Å²) in [6.45, 7) is 9.61. The number of carbonyl (C=O) groups is 1. The number of unbranched alkanes of at least 4 members (excludes halogenated alkanes) is 4. The van der Waals surface area contributed by atoms with Crippen molar-refractivity contribution in [3.05, 3.63) is 48.5 Å². The molecule has 0 fully saturated rings. The minimum atomic E-state index is -0.147.